The summed E-state index contributed by atoms with van der Waals surface area (Å²) >= 11 is 0. The zero-order valence-corrected chi connectivity index (χ0v) is 11.2. The summed E-state index contributed by atoms with van der Waals surface area (Å²) in [6, 6.07) is 16.5. The number of carbonyl (C=O) groups excluding carboxylic acids is 1. The SMILES string of the molecule is CCOc1ccc(C(=O)N/N=C/c2ccccc2)cc1. The first-order chi connectivity index (χ1) is 9.79. The molecule has 102 valence electrons. The van der Waals surface area contributed by atoms with E-state index in [1.165, 1.54) is 0 Å². The molecule has 0 saturated heterocycles. The Bertz CT molecular complexity index is 577. The highest BCUT2D eigenvalue weighted by molar-refractivity contribution is 5.94. The fraction of sp³-hybridized carbons (Fsp3) is 0.125. The van der Waals surface area contributed by atoms with Gasteiger partial charge in [0.25, 0.3) is 5.91 Å². The number of ether oxygens (including phenoxy) is 1. The predicted octanol–water partition coefficient (Wildman–Crippen LogP) is 2.85. The van der Waals surface area contributed by atoms with Crippen molar-refractivity contribution in [3.8, 4) is 5.75 Å². The summed E-state index contributed by atoms with van der Waals surface area (Å²) in [6.45, 7) is 2.52. The Hall–Kier alpha value is -2.62. The smallest absolute Gasteiger partial charge is 0.271 e. The number of hydrazone groups is 1. The van der Waals surface area contributed by atoms with Gasteiger partial charge >= 0.3 is 0 Å². The lowest BCUT2D eigenvalue weighted by Gasteiger charge is -2.03. The Morgan fingerprint density at radius 2 is 1.85 bits per heavy atom. The summed E-state index contributed by atoms with van der Waals surface area (Å²) in [6.07, 6.45) is 1.60. The van der Waals surface area contributed by atoms with Crippen LogP contribution in [0.1, 0.15) is 22.8 Å². The standard InChI is InChI=1S/C16H16N2O2/c1-2-20-15-10-8-14(9-11-15)16(19)18-17-12-13-6-4-3-5-7-13/h3-12H,2H2,1H3,(H,18,19)/b17-12+. The molecule has 0 fully saturated rings. The Labute approximate surface area is 118 Å². The molecule has 0 aliphatic heterocycles. The maximum absolute atomic E-state index is 11.8. The normalized spacial score (nSPS) is 10.4. The molecular formula is C16H16N2O2. The lowest BCUT2D eigenvalue weighted by molar-refractivity contribution is 0.0955. The third kappa shape index (κ3) is 3.95. The summed E-state index contributed by atoms with van der Waals surface area (Å²) in [5.74, 6) is 0.497. The van der Waals surface area contributed by atoms with Gasteiger partial charge in [0.15, 0.2) is 0 Å². The zero-order chi connectivity index (χ0) is 14.2. The van der Waals surface area contributed by atoms with Gasteiger partial charge in [-0.05, 0) is 36.8 Å². The number of carbonyl (C=O) groups is 1. The first-order valence-electron chi connectivity index (χ1n) is 6.41. The molecule has 20 heavy (non-hydrogen) atoms. The van der Waals surface area contributed by atoms with Crippen LogP contribution in [0.15, 0.2) is 59.7 Å². The van der Waals surface area contributed by atoms with Crippen molar-refractivity contribution in [2.75, 3.05) is 6.61 Å². The third-order valence-electron chi connectivity index (χ3n) is 2.61. The van der Waals surface area contributed by atoms with Gasteiger partial charge in [0.2, 0.25) is 0 Å². The van der Waals surface area contributed by atoms with Crippen LogP contribution in [0.5, 0.6) is 5.75 Å². The molecule has 0 aliphatic rings. The second-order valence-corrected chi connectivity index (χ2v) is 4.07. The van der Waals surface area contributed by atoms with Crippen molar-refractivity contribution in [3.05, 3.63) is 65.7 Å². The van der Waals surface area contributed by atoms with Crippen LogP contribution in [0.2, 0.25) is 0 Å². The van der Waals surface area contributed by atoms with Gasteiger partial charge in [0.1, 0.15) is 5.75 Å². The third-order valence-corrected chi connectivity index (χ3v) is 2.61. The number of rotatable bonds is 5. The lowest BCUT2D eigenvalue weighted by Crippen LogP contribution is -2.17. The fourth-order valence-electron chi connectivity index (χ4n) is 1.64. The summed E-state index contributed by atoms with van der Waals surface area (Å²) in [5.41, 5.74) is 3.96. The minimum atomic E-state index is -0.250. The molecule has 0 saturated carbocycles. The topological polar surface area (TPSA) is 50.7 Å². The van der Waals surface area contributed by atoms with Crippen LogP contribution < -0.4 is 10.2 Å². The molecule has 2 aromatic carbocycles. The van der Waals surface area contributed by atoms with Gasteiger partial charge in [-0.1, -0.05) is 30.3 Å². The van der Waals surface area contributed by atoms with Crippen LogP contribution in [0.3, 0.4) is 0 Å². The molecule has 0 aliphatic carbocycles. The maximum atomic E-state index is 11.8. The van der Waals surface area contributed by atoms with Gasteiger partial charge in [-0.2, -0.15) is 5.10 Å². The number of hydrogen-bond acceptors (Lipinski definition) is 3. The molecule has 0 aromatic heterocycles. The molecule has 0 unspecified atom stereocenters. The Kier molecular flexibility index (Phi) is 4.89. The molecule has 0 bridgehead atoms. The van der Waals surface area contributed by atoms with Crippen molar-refractivity contribution >= 4 is 12.1 Å². The molecule has 4 nitrogen and oxygen atoms in total. The van der Waals surface area contributed by atoms with E-state index in [9.17, 15) is 4.79 Å². The minimum absolute atomic E-state index is 0.250. The number of benzene rings is 2. The monoisotopic (exact) mass is 268 g/mol. The van der Waals surface area contributed by atoms with Crippen LogP contribution in [-0.4, -0.2) is 18.7 Å². The maximum Gasteiger partial charge on any atom is 0.271 e. The molecule has 0 heterocycles. The van der Waals surface area contributed by atoms with Crippen molar-refractivity contribution in [1.82, 2.24) is 5.43 Å². The van der Waals surface area contributed by atoms with Gasteiger partial charge in [0, 0.05) is 5.56 Å². The number of amides is 1. The lowest BCUT2D eigenvalue weighted by atomic mass is 10.2. The molecule has 2 rings (SSSR count). The zero-order valence-electron chi connectivity index (χ0n) is 11.2. The van der Waals surface area contributed by atoms with Crippen LogP contribution >= 0.6 is 0 Å². The molecule has 1 amide bonds. The quantitative estimate of drug-likeness (QED) is 0.669. The first kappa shape index (κ1) is 13.8. The van der Waals surface area contributed by atoms with Crippen LogP contribution in [0, 0.1) is 0 Å². The average molecular weight is 268 g/mol. The van der Waals surface area contributed by atoms with E-state index >= 15 is 0 Å². The van der Waals surface area contributed by atoms with Gasteiger partial charge in [0.05, 0.1) is 12.8 Å². The predicted molar refractivity (Wildman–Crippen MR) is 79.1 cm³/mol. The number of nitrogens with one attached hydrogen (secondary N) is 1. The van der Waals surface area contributed by atoms with Crippen LogP contribution in [0.25, 0.3) is 0 Å². The van der Waals surface area contributed by atoms with Crippen LogP contribution in [-0.2, 0) is 0 Å². The van der Waals surface area contributed by atoms with Gasteiger partial charge in [-0.25, -0.2) is 5.43 Å². The van der Waals surface area contributed by atoms with Gasteiger partial charge < -0.3 is 4.74 Å². The van der Waals surface area contributed by atoms with Gasteiger partial charge in [-0.3, -0.25) is 4.79 Å². The molecule has 0 radical (unpaired) electrons. The highest BCUT2D eigenvalue weighted by Gasteiger charge is 2.03. The summed E-state index contributed by atoms with van der Waals surface area (Å²) in [7, 11) is 0. The van der Waals surface area contributed by atoms with Crippen molar-refractivity contribution in [1.29, 1.82) is 0 Å². The average Bonchev–Trinajstić information content (AvgIpc) is 2.49. The fourth-order valence-corrected chi connectivity index (χ4v) is 1.64. The molecule has 1 N–H and O–H groups in total. The summed E-state index contributed by atoms with van der Waals surface area (Å²) in [5, 5.41) is 3.92. The molecule has 0 spiro atoms. The molecule has 0 atom stereocenters. The van der Waals surface area contributed by atoms with E-state index < -0.39 is 0 Å². The Balaban J connectivity index is 1.93. The van der Waals surface area contributed by atoms with Crippen molar-refractivity contribution in [3.63, 3.8) is 0 Å². The summed E-state index contributed by atoms with van der Waals surface area (Å²) in [4.78, 5) is 11.8. The Morgan fingerprint density at radius 3 is 2.50 bits per heavy atom. The number of nitrogens with zero attached hydrogens (tertiary/aromatic N) is 1. The van der Waals surface area contributed by atoms with Crippen molar-refractivity contribution < 1.29 is 9.53 Å². The van der Waals surface area contributed by atoms with Crippen LogP contribution in [0.4, 0.5) is 0 Å². The molecule has 2 aromatic rings. The first-order valence-corrected chi connectivity index (χ1v) is 6.41. The molecule has 4 heteroatoms. The van der Waals surface area contributed by atoms with E-state index in [-0.39, 0.29) is 5.91 Å². The Morgan fingerprint density at radius 1 is 1.15 bits per heavy atom. The largest absolute Gasteiger partial charge is 0.494 e. The van der Waals surface area contributed by atoms with Crippen molar-refractivity contribution in [2.45, 2.75) is 6.92 Å². The second kappa shape index (κ2) is 7.09. The van der Waals surface area contributed by atoms with E-state index in [1.54, 1.807) is 30.5 Å². The van der Waals surface area contributed by atoms with E-state index in [1.807, 2.05) is 37.3 Å². The van der Waals surface area contributed by atoms with E-state index in [2.05, 4.69) is 10.5 Å². The van der Waals surface area contributed by atoms with E-state index in [4.69, 9.17) is 4.74 Å². The number of hydrogen-bond donors (Lipinski definition) is 1. The summed E-state index contributed by atoms with van der Waals surface area (Å²) < 4.78 is 5.32. The molecular weight excluding hydrogens is 252 g/mol. The second-order valence-electron chi connectivity index (χ2n) is 4.07. The minimum Gasteiger partial charge on any atom is -0.494 e. The van der Waals surface area contributed by atoms with Crippen molar-refractivity contribution in [2.24, 2.45) is 5.10 Å². The van der Waals surface area contributed by atoms with E-state index in [0.717, 1.165) is 11.3 Å². The van der Waals surface area contributed by atoms with Gasteiger partial charge in [-0.15, -0.1) is 0 Å². The van der Waals surface area contributed by atoms with E-state index in [0.29, 0.717) is 12.2 Å². The highest BCUT2D eigenvalue weighted by atomic mass is 16.5. The highest BCUT2D eigenvalue weighted by Crippen LogP contribution is 2.11.